The van der Waals surface area contributed by atoms with Gasteiger partial charge >= 0.3 is 0 Å². The van der Waals surface area contributed by atoms with Crippen LogP contribution in [0.15, 0.2) is 18.2 Å². The number of methoxy groups -OCH3 is 1. The average molecular weight is 287 g/mol. The maximum Gasteiger partial charge on any atom is 0.137 e. The smallest absolute Gasteiger partial charge is 0.137 e. The Morgan fingerprint density at radius 2 is 2.00 bits per heavy atom. The predicted molar refractivity (Wildman–Crippen MR) is 72.2 cm³/mol. The normalized spacial score (nSPS) is 9.84. The Bertz CT molecular complexity index is 440. The minimum Gasteiger partial charge on any atom is -0.490 e. The van der Waals surface area contributed by atoms with Crippen LogP contribution in [0.1, 0.15) is 5.56 Å². The molecule has 1 aromatic rings. The molecule has 0 saturated heterocycles. The zero-order chi connectivity index (χ0) is 13.9. The van der Waals surface area contributed by atoms with Gasteiger partial charge in [-0.3, -0.25) is 0 Å². The van der Waals surface area contributed by atoms with E-state index >= 15 is 0 Å². The third-order valence-corrected chi connectivity index (χ3v) is 2.28. The zero-order valence-corrected chi connectivity index (χ0v) is 11.5. The maximum atomic E-state index is 13.1. The Labute approximate surface area is 117 Å². The van der Waals surface area contributed by atoms with Gasteiger partial charge < -0.3 is 14.2 Å². The minimum atomic E-state index is -0.369. The number of hydrogen-bond acceptors (Lipinski definition) is 3. The van der Waals surface area contributed by atoms with Crippen LogP contribution in [0.3, 0.4) is 0 Å². The molecular formula is C14H16ClFO3. The van der Waals surface area contributed by atoms with E-state index in [2.05, 4.69) is 11.8 Å². The molecule has 0 bridgehead atoms. The summed E-state index contributed by atoms with van der Waals surface area (Å²) >= 11 is 5.49. The van der Waals surface area contributed by atoms with Crippen molar-refractivity contribution in [3.05, 3.63) is 29.6 Å². The second-order valence-corrected chi connectivity index (χ2v) is 3.80. The summed E-state index contributed by atoms with van der Waals surface area (Å²) in [5.74, 6) is 5.77. The van der Waals surface area contributed by atoms with Crippen LogP contribution in [0.25, 0.3) is 0 Å². The fourth-order valence-corrected chi connectivity index (χ4v) is 1.37. The third-order valence-electron chi connectivity index (χ3n) is 2.15. The van der Waals surface area contributed by atoms with Crippen LogP contribution in [-0.2, 0) is 9.47 Å². The molecule has 1 rings (SSSR count). The Morgan fingerprint density at radius 3 is 2.74 bits per heavy atom. The van der Waals surface area contributed by atoms with E-state index < -0.39 is 0 Å². The molecule has 0 radical (unpaired) electrons. The van der Waals surface area contributed by atoms with E-state index in [1.807, 2.05) is 0 Å². The van der Waals surface area contributed by atoms with E-state index in [1.165, 1.54) is 12.1 Å². The lowest BCUT2D eigenvalue weighted by atomic mass is 10.2. The molecule has 104 valence electrons. The van der Waals surface area contributed by atoms with Crippen molar-refractivity contribution in [1.29, 1.82) is 0 Å². The van der Waals surface area contributed by atoms with E-state index in [4.69, 9.17) is 25.8 Å². The minimum absolute atomic E-state index is 0.219. The lowest BCUT2D eigenvalue weighted by molar-refractivity contribution is 0.0543. The molecule has 0 amide bonds. The van der Waals surface area contributed by atoms with Crippen molar-refractivity contribution in [3.8, 4) is 17.6 Å². The standard InChI is InChI=1S/C14H16ClFO3/c1-17-7-8-18-9-10-19-14-11-13(16)5-4-12(14)3-2-6-15/h4-5,11H,6-10H2,1H3. The number of benzene rings is 1. The molecule has 0 atom stereocenters. The summed E-state index contributed by atoms with van der Waals surface area (Å²) in [5.41, 5.74) is 0.610. The molecule has 0 spiro atoms. The fraction of sp³-hybridized carbons (Fsp3) is 0.429. The summed E-state index contributed by atoms with van der Waals surface area (Å²) in [4.78, 5) is 0. The Morgan fingerprint density at radius 1 is 1.21 bits per heavy atom. The van der Waals surface area contributed by atoms with Gasteiger partial charge in [0, 0.05) is 13.2 Å². The van der Waals surface area contributed by atoms with E-state index in [0.29, 0.717) is 37.7 Å². The molecule has 0 N–H and O–H groups in total. The van der Waals surface area contributed by atoms with Crippen molar-refractivity contribution in [2.75, 3.05) is 39.4 Å². The van der Waals surface area contributed by atoms with Gasteiger partial charge in [0.2, 0.25) is 0 Å². The second kappa shape index (κ2) is 9.62. The molecular weight excluding hydrogens is 271 g/mol. The van der Waals surface area contributed by atoms with Gasteiger partial charge in [-0.1, -0.05) is 11.8 Å². The number of hydrogen-bond donors (Lipinski definition) is 0. The van der Waals surface area contributed by atoms with Crippen molar-refractivity contribution in [1.82, 2.24) is 0 Å². The summed E-state index contributed by atoms with van der Waals surface area (Å²) in [6, 6.07) is 4.20. The first kappa shape index (κ1) is 15.8. The first-order valence-electron chi connectivity index (χ1n) is 5.81. The number of alkyl halides is 1. The average Bonchev–Trinajstić information content (AvgIpc) is 2.42. The topological polar surface area (TPSA) is 27.7 Å². The van der Waals surface area contributed by atoms with E-state index in [1.54, 1.807) is 13.2 Å². The van der Waals surface area contributed by atoms with Crippen LogP contribution in [-0.4, -0.2) is 39.4 Å². The van der Waals surface area contributed by atoms with Crippen molar-refractivity contribution >= 4 is 11.6 Å². The quantitative estimate of drug-likeness (QED) is 0.438. The molecule has 0 aromatic heterocycles. The first-order chi connectivity index (χ1) is 9.27. The van der Waals surface area contributed by atoms with Crippen LogP contribution >= 0.6 is 11.6 Å². The number of rotatable bonds is 7. The SMILES string of the molecule is COCCOCCOc1cc(F)ccc1C#CCCl. The predicted octanol–water partition coefficient (Wildman–Crippen LogP) is 2.46. The van der Waals surface area contributed by atoms with Crippen molar-refractivity contribution in [2.45, 2.75) is 0 Å². The molecule has 0 saturated carbocycles. The highest BCUT2D eigenvalue weighted by Gasteiger charge is 2.03. The van der Waals surface area contributed by atoms with Crippen LogP contribution in [0.4, 0.5) is 4.39 Å². The van der Waals surface area contributed by atoms with Crippen LogP contribution in [0.5, 0.6) is 5.75 Å². The lowest BCUT2D eigenvalue weighted by Crippen LogP contribution is -2.10. The summed E-state index contributed by atoms with van der Waals surface area (Å²) in [6.07, 6.45) is 0. The molecule has 0 aliphatic heterocycles. The Kier molecular flexibility index (Phi) is 7.99. The lowest BCUT2D eigenvalue weighted by Gasteiger charge is -2.09. The summed E-state index contributed by atoms with van der Waals surface area (Å²) in [5, 5.41) is 0. The highest BCUT2D eigenvalue weighted by molar-refractivity contribution is 6.19. The zero-order valence-electron chi connectivity index (χ0n) is 10.7. The first-order valence-corrected chi connectivity index (χ1v) is 6.35. The van der Waals surface area contributed by atoms with Gasteiger partial charge in [-0.15, -0.1) is 11.6 Å². The van der Waals surface area contributed by atoms with Crippen LogP contribution in [0, 0.1) is 17.7 Å². The van der Waals surface area contributed by atoms with Crippen LogP contribution in [0.2, 0.25) is 0 Å². The number of halogens is 2. The van der Waals surface area contributed by atoms with Gasteiger partial charge in [0.1, 0.15) is 18.2 Å². The van der Waals surface area contributed by atoms with Crippen molar-refractivity contribution < 1.29 is 18.6 Å². The highest BCUT2D eigenvalue weighted by Crippen LogP contribution is 2.18. The van der Waals surface area contributed by atoms with E-state index in [-0.39, 0.29) is 11.7 Å². The summed E-state index contributed by atoms with van der Waals surface area (Å²) < 4.78 is 28.7. The second-order valence-electron chi connectivity index (χ2n) is 3.53. The molecule has 5 heteroatoms. The molecule has 3 nitrogen and oxygen atoms in total. The van der Waals surface area contributed by atoms with Gasteiger partial charge in [-0.05, 0) is 12.1 Å². The van der Waals surface area contributed by atoms with Gasteiger partial charge in [0.05, 0.1) is 31.3 Å². The number of ether oxygens (including phenoxy) is 3. The van der Waals surface area contributed by atoms with E-state index in [0.717, 1.165) is 0 Å². The third kappa shape index (κ3) is 6.44. The van der Waals surface area contributed by atoms with Gasteiger partial charge in [-0.2, -0.15) is 0 Å². The highest BCUT2D eigenvalue weighted by atomic mass is 35.5. The molecule has 0 fully saturated rings. The monoisotopic (exact) mass is 286 g/mol. The molecule has 19 heavy (non-hydrogen) atoms. The van der Waals surface area contributed by atoms with E-state index in [9.17, 15) is 4.39 Å². The molecule has 0 heterocycles. The molecule has 1 aromatic carbocycles. The summed E-state index contributed by atoms with van der Waals surface area (Å²) in [6.45, 7) is 1.76. The largest absolute Gasteiger partial charge is 0.490 e. The molecule has 0 aliphatic rings. The van der Waals surface area contributed by atoms with Crippen molar-refractivity contribution in [3.63, 3.8) is 0 Å². The summed E-state index contributed by atoms with van der Waals surface area (Å²) in [7, 11) is 1.61. The van der Waals surface area contributed by atoms with Crippen molar-refractivity contribution in [2.24, 2.45) is 0 Å². The Balaban J connectivity index is 2.49. The molecule has 0 aliphatic carbocycles. The maximum absolute atomic E-state index is 13.1. The van der Waals surface area contributed by atoms with Gasteiger partial charge in [-0.25, -0.2) is 4.39 Å². The van der Waals surface area contributed by atoms with Gasteiger partial charge in [0.25, 0.3) is 0 Å². The van der Waals surface area contributed by atoms with Gasteiger partial charge in [0.15, 0.2) is 0 Å². The van der Waals surface area contributed by atoms with Crippen LogP contribution < -0.4 is 4.74 Å². The molecule has 0 unspecified atom stereocenters. The fourth-order valence-electron chi connectivity index (χ4n) is 1.30. The Hall–Kier alpha value is -1.28.